The summed E-state index contributed by atoms with van der Waals surface area (Å²) in [4.78, 5) is 16.5. The maximum atomic E-state index is 5.66. The number of aromatic nitrogens is 6. The van der Waals surface area contributed by atoms with Crippen LogP contribution in [0.15, 0.2) is 30.5 Å². The molecule has 1 aliphatic rings. The molecule has 0 bridgehead atoms. The van der Waals surface area contributed by atoms with E-state index < -0.39 is 0 Å². The smallest absolute Gasteiger partial charge is 0.227 e. The quantitative estimate of drug-likeness (QED) is 0.447. The Labute approximate surface area is 204 Å². The number of anilines is 3. The molecule has 4 aromatic rings. The molecule has 0 atom stereocenters. The average molecular weight is 475 g/mol. The molecule has 0 amide bonds. The van der Waals surface area contributed by atoms with Gasteiger partial charge in [0.1, 0.15) is 17.1 Å². The van der Waals surface area contributed by atoms with E-state index in [1.54, 1.807) is 14.2 Å². The van der Waals surface area contributed by atoms with Crippen molar-refractivity contribution in [1.82, 2.24) is 29.7 Å². The second kappa shape index (κ2) is 9.46. The van der Waals surface area contributed by atoms with Crippen molar-refractivity contribution in [2.45, 2.75) is 32.8 Å². The van der Waals surface area contributed by atoms with Crippen molar-refractivity contribution in [2.75, 3.05) is 37.5 Å². The van der Waals surface area contributed by atoms with Gasteiger partial charge >= 0.3 is 0 Å². The molecule has 1 saturated heterocycles. The van der Waals surface area contributed by atoms with E-state index in [-0.39, 0.29) is 0 Å². The summed E-state index contributed by atoms with van der Waals surface area (Å²) in [5.41, 5.74) is 3.45. The van der Waals surface area contributed by atoms with Gasteiger partial charge in [-0.2, -0.15) is 0 Å². The van der Waals surface area contributed by atoms with Crippen molar-refractivity contribution >= 4 is 28.4 Å². The fraction of sp³-hybridized carbons (Fsp3) is 0.400. The van der Waals surface area contributed by atoms with E-state index in [2.05, 4.69) is 25.4 Å². The first-order valence-corrected chi connectivity index (χ1v) is 11.7. The molecule has 182 valence electrons. The molecule has 1 fully saturated rings. The third kappa shape index (κ3) is 4.49. The first-order valence-electron chi connectivity index (χ1n) is 11.7. The van der Waals surface area contributed by atoms with Crippen LogP contribution in [0.1, 0.15) is 24.4 Å². The van der Waals surface area contributed by atoms with Gasteiger partial charge in [0.15, 0.2) is 11.6 Å². The summed E-state index contributed by atoms with van der Waals surface area (Å²) in [6.07, 6.45) is 4.08. The van der Waals surface area contributed by atoms with E-state index in [1.165, 1.54) is 0 Å². The van der Waals surface area contributed by atoms with E-state index >= 15 is 0 Å². The standard InChI is InChI=1S/C25H30N8O2/c1-15-12-18-14-26-25(29-22(18)24(27-15)33-10-8-19(34-4)9-11-33)28-20-7-6-17(13-21(20)35-5)23-31-30-16(2)32(23)3/h6-7,12-14,19H,8-11H2,1-5H3,(H,26,28,29). The number of nitrogens with one attached hydrogen (secondary N) is 1. The van der Waals surface area contributed by atoms with Gasteiger partial charge in [0.2, 0.25) is 5.95 Å². The SMILES string of the molecule is COc1cc(-c2nnc(C)n2C)ccc1Nc1ncc2cc(C)nc(N3CCC(OC)CC3)c2n1. The van der Waals surface area contributed by atoms with E-state index in [0.717, 1.165) is 71.2 Å². The van der Waals surface area contributed by atoms with Crippen molar-refractivity contribution in [1.29, 1.82) is 0 Å². The molecule has 1 N–H and O–H groups in total. The summed E-state index contributed by atoms with van der Waals surface area (Å²) in [6.45, 7) is 5.69. The van der Waals surface area contributed by atoms with Gasteiger partial charge in [0.25, 0.3) is 0 Å². The van der Waals surface area contributed by atoms with E-state index in [4.69, 9.17) is 19.4 Å². The van der Waals surface area contributed by atoms with Crippen LogP contribution in [0.5, 0.6) is 5.75 Å². The van der Waals surface area contributed by atoms with Gasteiger partial charge in [0.05, 0.1) is 18.9 Å². The zero-order chi connectivity index (χ0) is 24.5. The molecule has 35 heavy (non-hydrogen) atoms. The number of aryl methyl sites for hydroxylation is 2. The van der Waals surface area contributed by atoms with Crippen LogP contribution in [0.2, 0.25) is 0 Å². The molecule has 0 unspecified atom stereocenters. The van der Waals surface area contributed by atoms with Crippen molar-refractivity contribution < 1.29 is 9.47 Å². The van der Waals surface area contributed by atoms with Crippen LogP contribution < -0.4 is 15.0 Å². The van der Waals surface area contributed by atoms with Gasteiger partial charge in [0, 0.05) is 50.1 Å². The van der Waals surface area contributed by atoms with Crippen molar-refractivity contribution in [3.05, 3.63) is 42.0 Å². The second-order valence-electron chi connectivity index (χ2n) is 8.81. The predicted molar refractivity (Wildman–Crippen MR) is 135 cm³/mol. The van der Waals surface area contributed by atoms with Crippen molar-refractivity contribution in [3.8, 4) is 17.1 Å². The third-order valence-corrected chi connectivity index (χ3v) is 6.55. The predicted octanol–water partition coefficient (Wildman–Crippen LogP) is 3.80. The van der Waals surface area contributed by atoms with Crippen molar-refractivity contribution in [2.24, 2.45) is 7.05 Å². The molecular formula is C25H30N8O2. The molecule has 10 nitrogen and oxygen atoms in total. The lowest BCUT2D eigenvalue weighted by atomic mass is 10.1. The third-order valence-electron chi connectivity index (χ3n) is 6.55. The summed E-state index contributed by atoms with van der Waals surface area (Å²) >= 11 is 0. The molecule has 4 heterocycles. The molecular weight excluding hydrogens is 444 g/mol. The van der Waals surface area contributed by atoms with Gasteiger partial charge in [-0.05, 0) is 51.0 Å². The fourth-order valence-corrected chi connectivity index (χ4v) is 4.45. The van der Waals surface area contributed by atoms with E-state index in [9.17, 15) is 0 Å². The number of ether oxygens (including phenoxy) is 2. The highest BCUT2D eigenvalue weighted by molar-refractivity contribution is 5.89. The minimum absolute atomic E-state index is 0.301. The zero-order valence-electron chi connectivity index (χ0n) is 20.7. The number of benzene rings is 1. The highest BCUT2D eigenvalue weighted by Crippen LogP contribution is 2.33. The minimum Gasteiger partial charge on any atom is -0.495 e. The number of pyridine rings is 1. The summed E-state index contributed by atoms with van der Waals surface area (Å²) in [7, 11) is 5.36. The summed E-state index contributed by atoms with van der Waals surface area (Å²) < 4.78 is 13.1. The number of fused-ring (bicyclic) bond motifs is 1. The van der Waals surface area contributed by atoms with E-state index in [1.807, 2.05) is 55.9 Å². The molecule has 0 aliphatic carbocycles. The molecule has 0 radical (unpaired) electrons. The maximum Gasteiger partial charge on any atom is 0.227 e. The molecule has 10 heteroatoms. The minimum atomic E-state index is 0.301. The van der Waals surface area contributed by atoms with Crippen LogP contribution in [-0.4, -0.2) is 63.1 Å². The Hall–Kier alpha value is -3.79. The molecule has 0 saturated carbocycles. The Bertz CT molecular complexity index is 1360. The zero-order valence-corrected chi connectivity index (χ0v) is 20.7. The Balaban J connectivity index is 1.47. The lowest BCUT2D eigenvalue weighted by Crippen LogP contribution is -2.37. The summed E-state index contributed by atoms with van der Waals surface area (Å²) in [5.74, 6) is 3.65. The van der Waals surface area contributed by atoms with Crippen LogP contribution in [0, 0.1) is 13.8 Å². The Morgan fingerprint density at radius 1 is 1.03 bits per heavy atom. The first kappa shape index (κ1) is 23.0. The van der Waals surface area contributed by atoms with Crippen LogP contribution in [0.3, 0.4) is 0 Å². The summed E-state index contributed by atoms with van der Waals surface area (Å²) in [5, 5.41) is 12.7. The molecule has 0 spiro atoms. The first-order chi connectivity index (χ1) is 17.0. The number of hydrogen-bond acceptors (Lipinski definition) is 9. The number of nitrogens with zero attached hydrogens (tertiary/aromatic N) is 7. The molecule has 5 rings (SSSR count). The molecule has 3 aromatic heterocycles. The Kier molecular flexibility index (Phi) is 6.21. The van der Waals surface area contributed by atoms with Crippen LogP contribution in [0.25, 0.3) is 22.3 Å². The van der Waals surface area contributed by atoms with Gasteiger partial charge in [-0.15, -0.1) is 10.2 Å². The highest BCUT2D eigenvalue weighted by Gasteiger charge is 2.22. The average Bonchev–Trinajstić information content (AvgIpc) is 3.22. The number of piperidine rings is 1. The van der Waals surface area contributed by atoms with E-state index in [0.29, 0.717) is 17.8 Å². The molecule has 1 aliphatic heterocycles. The van der Waals surface area contributed by atoms with Crippen LogP contribution in [-0.2, 0) is 11.8 Å². The number of methoxy groups -OCH3 is 2. The monoisotopic (exact) mass is 474 g/mol. The van der Waals surface area contributed by atoms with Crippen LogP contribution >= 0.6 is 0 Å². The highest BCUT2D eigenvalue weighted by atomic mass is 16.5. The second-order valence-corrected chi connectivity index (χ2v) is 8.81. The number of rotatable bonds is 6. The van der Waals surface area contributed by atoms with Crippen LogP contribution in [0.4, 0.5) is 17.5 Å². The lowest BCUT2D eigenvalue weighted by molar-refractivity contribution is 0.0818. The molecule has 1 aromatic carbocycles. The topological polar surface area (TPSA) is 103 Å². The van der Waals surface area contributed by atoms with Gasteiger partial charge in [-0.1, -0.05) is 0 Å². The Morgan fingerprint density at radius 3 is 2.51 bits per heavy atom. The maximum absolute atomic E-state index is 5.66. The lowest BCUT2D eigenvalue weighted by Gasteiger charge is -2.32. The van der Waals surface area contributed by atoms with Crippen molar-refractivity contribution in [3.63, 3.8) is 0 Å². The van der Waals surface area contributed by atoms with Gasteiger partial charge in [-0.3, -0.25) is 0 Å². The normalized spacial score (nSPS) is 14.5. The largest absolute Gasteiger partial charge is 0.495 e. The number of hydrogen-bond donors (Lipinski definition) is 1. The Morgan fingerprint density at radius 2 is 1.83 bits per heavy atom. The fourth-order valence-electron chi connectivity index (χ4n) is 4.45. The summed E-state index contributed by atoms with van der Waals surface area (Å²) in [6, 6.07) is 7.87. The van der Waals surface area contributed by atoms with Gasteiger partial charge in [-0.25, -0.2) is 15.0 Å². The van der Waals surface area contributed by atoms with Gasteiger partial charge < -0.3 is 24.3 Å².